The molecule has 0 saturated heterocycles. The molecule has 2 N–H and O–H groups in total. The molecule has 0 radical (unpaired) electrons. The number of ether oxygens (including phenoxy) is 1. The number of nitrogens with one attached hydrogen (secondary N) is 2. The Morgan fingerprint density at radius 2 is 2.32 bits per heavy atom. The van der Waals surface area contributed by atoms with Crippen LogP contribution in [0.25, 0.3) is 11.6 Å². The molecule has 10 heteroatoms. The van der Waals surface area contributed by atoms with Crippen molar-refractivity contribution in [2.75, 3.05) is 5.32 Å². The predicted octanol–water partition coefficient (Wildman–Crippen LogP) is 2.27. The van der Waals surface area contributed by atoms with Crippen LogP contribution in [0.4, 0.5) is 11.4 Å². The second-order valence-electron chi connectivity index (χ2n) is 5.75. The number of fused-ring (bicyclic) bond motifs is 1. The molecular formula is C15H13N7O3. The lowest BCUT2D eigenvalue weighted by Gasteiger charge is -2.27. The van der Waals surface area contributed by atoms with Crippen molar-refractivity contribution in [3.63, 3.8) is 0 Å². The molecule has 25 heavy (non-hydrogen) atoms. The lowest BCUT2D eigenvalue weighted by Crippen LogP contribution is -2.27. The maximum absolute atomic E-state index is 11.4. The zero-order valence-electron chi connectivity index (χ0n) is 13.3. The smallest absolute Gasteiger partial charge is 0.296 e. The van der Waals surface area contributed by atoms with Gasteiger partial charge in [-0.1, -0.05) is 6.08 Å². The first-order chi connectivity index (χ1) is 11.9. The van der Waals surface area contributed by atoms with E-state index in [-0.39, 0.29) is 22.8 Å². The second-order valence-corrected chi connectivity index (χ2v) is 5.75. The maximum Gasteiger partial charge on any atom is 0.296 e. The molecule has 10 nitrogen and oxygen atoms in total. The fourth-order valence-corrected chi connectivity index (χ4v) is 2.25. The Labute approximate surface area is 142 Å². The van der Waals surface area contributed by atoms with Crippen LogP contribution in [-0.4, -0.2) is 31.1 Å². The molecule has 0 aliphatic carbocycles. The molecule has 1 aromatic heterocycles. The average molecular weight is 339 g/mol. The number of H-pyrrole nitrogens is 1. The van der Waals surface area contributed by atoms with E-state index in [0.717, 1.165) is 0 Å². The highest BCUT2D eigenvalue weighted by atomic mass is 16.6. The summed E-state index contributed by atoms with van der Waals surface area (Å²) in [6.07, 6.45) is 4.99. The number of aromatic amines is 1. The lowest BCUT2D eigenvalue weighted by atomic mass is 10.0. The minimum Gasteiger partial charge on any atom is -0.483 e. The van der Waals surface area contributed by atoms with Gasteiger partial charge in [0.1, 0.15) is 28.7 Å². The zero-order chi connectivity index (χ0) is 18.0. The summed E-state index contributed by atoms with van der Waals surface area (Å²) < 4.78 is 5.75. The van der Waals surface area contributed by atoms with Gasteiger partial charge in [-0.25, -0.2) is 0 Å². The molecule has 2 aromatic rings. The molecule has 3 rings (SSSR count). The summed E-state index contributed by atoms with van der Waals surface area (Å²) >= 11 is 0. The molecule has 0 bridgehead atoms. The van der Waals surface area contributed by atoms with Gasteiger partial charge in [0.2, 0.25) is 5.82 Å². The minimum absolute atomic E-state index is 0.0775. The molecule has 1 aliphatic heterocycles. The van der Waals surface area contributed by atoms with E-state index in [9.17, 15) is 10.1 Å². The minimum atomic E-state index is -0.539. The Morgan fingerprint density at radius 3 is 2.96 bits per heavy atom. The number of rotatable bonds is 4. The zero-order valence-corrected chi connectivity index (χ0v) is 13.3. The van der Waals surface area contributed by atoms with Crippen molar-refractivity contribution in [3.05, 3.63) is 45.9 Å². The maximum atomic E-state index is 11.4. The number of anilines is 1. The number of allylic oxidation sites excluding steroid dienone is 1. The number of hydrogen-bond acceptors (Lipinski definition) is 8. The van der Waals surface area contributed by atoms with Gasteiger partial charge < -0.3 is 10.1 Å². The van der Waals surface area contributed by atoms with E-state index in [1.807, 2.05) is 32.1 Å². The predicted molar refractivity (Wildman–Crippen MR) is 88.2 cm³/mol. The fraction of sp³-hybridized carbons (Fsp3) is 0.200. The number of nitriles is 1. The van der Waals surface area contributed by atoms with Crippen LogP contribution in [0.3, 0.4) is 0 Å². The van der Waals surface area contributed by atoms with E-state index in [4.69, 9.17) is 10.00 Å². The SMILES string of the molecule is CC1(C)C=Cc2cc(NC=C(C#N)c3nn[nH]n3)c([N+](=O)[O-])cc2O1. The van der Waals surface area contributed by atoms with Crippen LogP contribution in [0.1, 0.15) is 25.2 Å². The van der Waals surface area contributed by atoms with Crippen LogP contribution < -0.4 is 10.1 Å². The lowest BCUT2D eigenvalue weighted by molar-refractivity contribution is -0.384. The number of tetrazole rings is 1. The summed E-state index contributed by atoms with van der Waals surface area (Å²) in [5, 5.41) is 36.3. The number of nitro benzene ring substituents is 1. The van der Waals surface area contributed by atoms with Crippen molar-refractivity contribution in [3.8, 4) is 11.8 Å². The highest BCUT2D eigenvalue weighted by molar-refractivity contribution is 5.78. The van der Waals surface area contributed by atoms with Gasteiger partial charge in [-0.3, -0.25) is 10.1 Å². The van der Waals surface area contributed by atoms with Crippen LogP contribution >= 0.6 is 0 Å². The van der Waals surface area contributed by atoms with Crippen molar-refractivity contribution < 1.29 is 9.66 Å². The molecule has 126 valence electrons. The number of benzene rings is 1. The summed E-state index contributed by atoms with van der Waals surface area (Å²) in [6, 6.07) is 4.84. The highest BCUT2D eigenvalue weighted by Crippen LogP contribution is 2.38. The molecule has 0 unspecified atom stereocenters. The molecule has 2 heterocycles. The fourth-order valence-electron chi connectivity index (χ4n) is 2.25. The van der Waals surface area contributed by atoms with Gasteiger partial charge in [-0.2, -0.15) is 10.5 Å². The Hall–Kier alpha value is -3.74. The molecule has 0 fully saturated rings. The standard InChI is InChI=1S/C15H13N7O3/c1-15(2)4-3-9-5-11(12(22(23)24)6-13(9)25-15)17-8-10(7-16)14-18-20-21-19-14/h3-6,8,17H,1-2H3,(H,18,19,20,21). The summed E-state index contributed by atoms with van der Waals surface area (Å²) in [7, 11) is 0. The molecule has 1 aliphatic rings. The molecule has 1 aromatic carbocycles. The van der Waals surface area contributed by atoms with Crippen LogP contribution in [-0.2, 0) is 0 Å². The largest absolute Gasteiger partial charge is 0.483 e. The summed E-state index contributed by atoms with van der Waals surface area (Å²) in [5.74, 6) is 0.507. The second kappa shape index (κ2) is 6.04. The van der Waals surface area contributed by atoms with E-state index in [0.29, 0.717) is 11.3 Å². The van der Waals surface area contributed by atoms with Crippen LogP contribution in [0, 0.1) is 21.4 Å². The van der Waals surface area contributed by atoms with E-state index >= 15 is 0 Å². The first-order valence-electron chi connectivity index (χ1n) is 7.21. The molecular weight excluding hydrogens is 326 g/mol. The van der Waals surface area contributed by atoms with E-state index in [1.54, 1.807) is 6.07 Å². The van der Waals surface area contributed by atoms with Crippen LogP contribution in [0.2, 0.25) is 0 Å². The number of nitrogens with zero attached hydrogens (tertiary/aromatic N) is 5. The van der Waals surface area contributed by atoms with Crippen molar-refractivity contribution in [2.24, 2.45) is 0 Å². The summed E-state index contributed by atoms with van der Waals surface area (Å²) in [6.45, 7) is 3.72. The Bertz CT molecular complexity index is 923. The molecule has 0 atom stereocenters. The third-order valence-electron chi connectivity index (χ3n) is 3.44. The molecule has 0 amide bonds. The third-order valence-corrected chi connectivity index (χ3v) is 3.44. The monoisotopic (exact) mass is 339 g/mol. The Morgan fingerprint density at radius 1 is 1.52 bits per heavy atom. The van der Waals surface area contributed by atoms with Crippen LogP contribution in [0.5, 0.6) is 5.75 Å². The van der Waals surface area contributed by atoms with Gasteiger partial charge in [-0.05, 0) is 31.2 Å². The van der Waals surface area contributed by atoms with Gasteiger partial charge in [0.15, 0.2) is 0 Å². The average Bonchev–Trinajstić information content (AvgIpc) is 3.08. The quantitative estimate of drug-likeness (QED) is 0.490. The Balaban J connectivity index is 1.99. The number of nitro groups is 1. The van der Waals surface area contributed by atoms with Crippen molar-refractivity contribution in [1.29, 1.82) is 5.26 Å². The number of hydrogen-bond donors (Lipinski definition) is 2. The first kappa shape index (κ1) is 16.1. The van der Waals surface area contributed by atoms with E-state index in [1.165, 1.54) is 12.3 Å². The van der Waals surface area contributed by atoms with E-state index < -0.39 is 10.5 Å². The highest BCUT2D eigenvalue weighted by Gasteiger charge is 2.26. The summed E-state index contributed by atoms with van der Waals surface area (Å²) in [5.41, 5.74) is 0.273. The topological polar surface area (TPSA) is 143 Å². The summed E-state index contributed by atoms with van der Waals surface area (Å²) in [4.78, 5) is 10.9. The molecule has 0 spiro atoms. The molecule has 0 saturated carbocycles. The van der Waals surface area contributed by atoms with Crippen molar-refractivity contribution in [1.82, 2.24) is 20.6 Å². The van der Waals surface area contributed by atoms with Crippen LogP contribution in [0.15, 0.2) is 24.4 Å². The number of aromatic nitrogens is 4. The normalized spacial score (nSPS) is 15.0. The van der Waals surface area contributed by atoms with Crippen molar-refractivity contribution >= 4 is 23.0 Å². The Kier molecular flexibility index (Phi) is 3.90. The van der Waals surface area contributed by atoms with Gasteiger partial charge in [-0.15, -0.1) is 10.2 Å². The van der Waals surface area contributed by atoms with E-state index in [2.05, 4.69) is 25.9 Å². The third kappa shape index (κ3) is 3.30. The van der Waals surface area contributed by atoms with Gasteiger partial charge in [0.25, 0.3) is 5.69 Å². The van der Waals surface area contributed by atoms with Gasteiger partial charge >= 0.3 is 0 Å². The van der Waals surface area contributed by atoms with Gasteiger partial charge in [0, 0.05) is 11.8 Å². The van der Waals surface area contributed by atoms with Gasteiger partial charge in [0.05, 0.1) is 11.0 Å². The van der Waals surface area contributed by atoms with Crippen molar-refractivity contribution in [2.45, 2.75) is 19.4 Å². The first-order valence-corrected chi connectivity index (χ1v) is 7.21.